The predicted molar refractivity (Wildman–Crippen MR) is 35.3 cm³/mol. The SMILES string of the molecule is CC(=O)[CH-]C(=O)CC(C)=O.[Hf]. The maximum atomic E-state index is 10.6. The fourth-order valence-electron chi connectivity index (χ4n) is 0.523. The van der Waals surface area contributed by atoms with Crippen molar-refractivity contribution in [3.8, 4) is 0 Å². The molecule has 0 saturated heterocycles. The van der Waals surface area contributed by atoms with Crippen LogP contribution in [0.4, 0.5) is 0 Å². The molecule has 0 atom stereocenters. The molecule has 0 aromatic heterocycles. The minimum Gasteiger partial charge on any atom is -0.334 e. The van der Waals surface area contributed by atoms with Gasteiger partial charge >= 0.3 is 0 Å². The number of rotatable bonds is 4. The molecule has 0 aliphatic rings. The molecule has 0 bridgehead atoms. The van der Waals surface area contributed by atoms with Crippen molar-refractivity contribution in [2.45, 2.75) is 20.3 Å². The van der Waals surface area contributed by atoms with E-state index in [-0.39, 0.29) is 43.8 Å². The van der Waals surface area contributed by atoms with Gasteiger partial charge in [0.25, 0.3) is 0 Å². The number of hydrogen-bond acceptors (Lipinski definition) is 3. The van der Waals surface area contributed by atoms with Crippen molar-refractivity contribution >= 4 is 17.3 Å². The van der Waals surface area contributed by atoms with Gasteiger partial charge in [-0.05, 0) is 13.8 Å². The van der Waals surface area contributed by atoms with Crippen LogP contribution in [-0.4, -0.2) is 17.3 Å². The van der Waals surface area contributed by atoms with Crippen LogP contribution >= 0.6 is 0 Å². The van der Waals surface area contributed by atoms with Crippen LogP contribution in [0.2, 0.25) is 0 Å². The molecule has 0 radical (unpaired) electrons. The molecule has 0 saturated carbocycles. The molecule has 60 valence electrons. The molecular weight excluding hydrogens is 311 g/mol. The van der Waals surface area contributed by atoms with Gasteiger partial charge < -0.3 is 9.59 Å². The Balaban J connectivity index is 0. The van der Waals surface area contributed by atoms with Crippen LogP contribution in [0.3, 0.4) is 0 Å². The number of Topliss-reactive ketones (excluding diaryl/α,β-unsaturated/α-hetero) is 3. The second kappa shape index (κ2) is 6.46. The predicted octanol–water partition coefficient (Wildman–Crippen LogP) is 0.325. The zero-order chi connectivity index (χ0) is 8.15. The quantitative estimate of drug-likeness (QED) is 0.426. The molecule has 0 N–H and O–H groups in total. The summed E-state index contributed by atoms with van der Waals surface area (Å²) < 4.78 is 0. The van der Waals surface area contributed by atoms with Crippen molar-refractivity contribution in [2.24, 2.45) is 0 Å². The number of carbonyl (C=O) groups is 3. The summed E-state index contributed by atoms with van der Waals surface area (Å²) >= 11 is 0. The molecule has 0 unspecified atom stereocenters. The molecule has 0 aliphatic heterocycles. The van der Waals surface area contributed by atoms with Crippen molar-refractivity contribution < 1.29 is 40.2 Å². The van der Waals surface area contributed by atoms with Gasteiger partial charge in [-0.15, -0.1) is 0 Å². The average molecular weight is 320 g/mol. The van der Waals surface area contributed by atoms with Gasteiger partial charge in [-0.3, -0.25) is 11.2 Å². The first-order valence-electron chi connectivity index (χ1n) is 2.90. The van der Waals surface area contributed by atoms with E-state index < -0.39 is 5.78 Å². The summed E-state index contributed by atoms with van der Waals surface area (Å²) in [4.78, 5) is 31.1. The summed E-state index contributed by atoms with van der Waals surface area (Å²) in [6.07, 6.45) is 0.765. The first-order chi connectivity index (χ1) is 4.52. The maximum absolute atomic E-state index is 10.6. The molecule has 0 aromatic carbocycles. The summed E-state index contributed by atoms with van der Waals surface area (Å²) in [5.74, 6) is -0.950. The zero-order valence-electron chi connectivity index (χ0n) is 6.51. The van der Waals surface area contributed by atoms with E-state index in [9.17, 15) is 14.4 Å². The van der Waals surface area contributed by atoms with Gasteiger partial charge in [0.05, 0.1) is 0 Å². The minimum absolute atomic E-state index is 0. The minimum atomic E-state index is -0.417. The molecule has 0 fully saturated rings. The van der Waals surface area contributed by atoms with Gasteiger partial charge in [0.15, 0.2) is 0 Å². The Bertz CT molecular complexity index is 157. The van der Waals surface area contributed by atoms with E-state index in [1.165, 1.54) is 13.8 Å². The summed E-state index contributed by atoms with van der Waals surface area (Å²) in [7, 11) is 0. The van der Waals surface area contributed by atoms with Crippen LogP contribution in [0.15, 0.2) is 0 Å². The summed E-state index contributed by atoms with van der Waals surface area (Å²) in [5, 5.41) is 0. The standard InChI is InChI=1S/C7H9O3.Hf/c1-5(8)3-7(10)4-6(2)9;/h3H,4H2,1-2H3;/q-1;. The van der Waals surface area contributed by atoms with Crippen molar-refractivity contribution in [3.63, 3.8) is 0 Å². The van der Waals surface area contributed by atoms with E-state index in [2.05, 4.69) is 0 Å². The molecule has 0 aliphatic carbocycles. The van der Waals surface area contributed by atoms with Gasteiger partial charge in [0, 0.05) is 43.8 Å². The van der Waals surface area contributed by atoms with Gasteiger partial charge in [-0.2, -0.15) is 0 Å². The van der Waals surface area contributed by atoms with E-state index in [1.807, 2.05) is 0 Å². The largest absolute Gasteiger partial charge is 0.334 e. The Hall–Kier alpha value is -0.250. The third kappa shape index (κ3) is 9.75. The molecule has 0 amide bonds. The smallest absolute Gasteiger partial charge is 0.134 e. The molecule has 4 heteroatoms. The van der Waals surface area contributed by atoms with Gasteiger partial charge in [0.1, 0.15) is 5.78 Å². The van der Waals surface area contributed by atoms with Crippen molar-refractivity contribution in [3.05, 3.63) is 6.42 Å². The Morgan fingerprint density at radius 3 is 1.91 bits per heavy atom. The van der Waals surface area contributed by atoms with Crippen LogP contribution < -0.4 is 0 Å². The fraction of sp³-hybridized carbons (Fsp3) is 0.429. The third-order valence-corrected chi connectivity index (χ3v) is 0.787. The average Bonchev–Trinajstić information content (AvgIpc) is 1.58. The maximum Gasteiger partial charge on any atom is 0.134 e. The summed E-state index contributed by atoms with van der Waals surface area (Å²) in [6.45, 7) is 2.59. The van der Waals surface area contributed by atoms with Gasteiger partial charge in [-0.25, -0.2) is 0 Å². The van der Waals surface area contributed by atoms with Crippen LogP contribution in [0.25, 0.3) is 0 Å². The fourth-order valence-corrected chi connectivity index (χ4v) is 0.523. The summed E-state index contributed by atoms with van der Waals surface area (Å²) in [6, 6.07) is 0. The molecule has 0 spiro atoms. The second-order valence-corrected chi connectivity index (χ2v) is 2.10. The second-order valence-electron chi connectivity index (χ2n) is 2.10. The van der Waals surface area contributed by atoms with E-state index in [1.54, 1.807) is 0 Å². The summed E-state index contributed by atoms with van der Waals surface area (Å²) in [5.41, 5.74) is 0. The van der Waals surface area contributed by atoms with Crippen LogP contribution in [-0.2, 0) is 40.2 Å². The first-order valence-corrected chi connectivity index (χ1v) is 2.90. The third-order valence-electron chi connectivity index (χ3n) is 0.787. The molecule has 0 aromatic rings. The van der Waals surface area contributed by atoms with E-state index in [0.29, 0.717) is 0 Å². The van der Waals surface area contributed by atoms with Gasteiger partial charge in [-0.1, -0.05) is 0 Å². The normalized spacial score (nSPS) is 7.82. The Labute approximate surface area is 84.3 Å². The Morgan fingerprint density at radius 2 is 1.64 bits per heavy atom. The zero-order valence-corrected chi connectivity index (χ0v) is 10.1. The van der Waals surface area contributed by atoms with Crippen LogP contribution in [0, 0.1) is 6.42 Å². The molecule has 3 nitrogen and oxygen atoms in total. The van der Waals surface area contributed by atoms with E-state index in [4.69, 9.17) is 0 Å². The molecule has 11 heavy (non-hydrogen) atoms. The Kier molecular flexibility index (Phi) is 7.84. The number of hydrogen-bond donors (Lipinski definition) is 0. The van der Waals surface area contributed by atoms with E-state index >= 15 is 0 Å². The van der Waals surface area contributed by atoms with Crippen molar-refractivity contribution in [1.82, 2.24) is 0 Å². The molecule has 0 rings (SSSR count). The first kappa shape index (κ1) is 13.3. The number of carbonyl (C=O) groups excluding carboxylic acids is 3. The monoisotopic (exact) mass is 321 g/mol. The number of ketones is 3. The van der Waals surface area contributed by atoms with Crippen molar-refractivity contribution in [2.75, 3.05) is 0 Å². The Morgan fingerprint density at radius 1 is 1.18 bits per heavy atom. The van der Waals surface area contributed by atoms with Crippen LogP contribution in [0.1, 0.15) is 20.3 Å². The molecule has 0 heterocycles. The van der Waals surface area contributed by atoms with Gasteiger partial charge in [0.2, 0.25) is 0 Å². The topological polar surface area (TPSA) is 51.2 Å². The van der Waals surface area contributed by atoms with Crippen molar-refractivity contribution in [1.29, 1.82) is 0 Å². The molecular formula is C7H9HfO3-. The van der Waals surface area contributed by atoms with Crippen LogP contribution in [0.5, 0.6) is 0 Å². The van der Waals surface area contributed by atoms with E-state index in [0.717, 1.165) is 6.42 Å².